The van der Waals surface area contributed by atoms with Crippen LogP contribution in [0.1, 0.15) is 33.6 Å². The van der Waals surface area contributed by atoms with Gasteiger partial charge in [-0.1, -0.05) is 0 Å². The monoisotopic (exact) mass is 286 g/mol. The highest BCUT2D eigenvalue weighted by atomic mass is 32.2. The molecule has 0 aliphatic carbocycles. The molecule has 2 aliphatic rings. The van der Waals surface area contributed by atoms with Crippen LogP contribution in [0.15, 0.2) is 0 Å². The number of thioether (sulfide) groups is 1. The number of hydrogen-bond acceptors (Lipinski definition) is 4. The zero-order valence-electron chi connectivity index (χ0n) is 12.3. The second-order valence-corrected chi connectivity index (χ2v) is 7.70. The maximum atomic E-state index is 11.9. The SMILES string of the molecule is CC(C)(C)OC(=O)N1CC[C@H](CN[C@H]2CCSC2)C1. The van der Waals surface area contributed by atoms with Crippen LogP contribution in [0.3, 0.4) is 0 Å². The minimum Gasteiger partial charge on any atom is -0.444 e. The lowest BCUT2D eigenvalue weighted by molar-refractivity contribution is 0.0288. The van der Waals surface area contributed by atoms with Gasteiger partial charge in [-0.05, 0) is 45.3 Å². The number of carbonyl (C=O) groups excluding carboxylic acids is 1. The van der Waals surface area contributed by atoms with E-state index in [-0.39, 0.29) is 6.09 Å². The van der Waals surface area contributed by atoms with Crippen molar-refractivity contribution in [2.24, 2.45) is 5.92 Å². The standard InChI is InChI=1S/C14H26N2O2S/c1-14(2,3)18-13(17)16-6-4-11(9-16)8-15-12-5-7-19-10-12/h11-12,15H,4-10H2,1-3H3/t11-,12+/m1/s1. The Balaban J connectivity index is 1.68. The third-order valence-electron chi connectivity index (χ3n) is 3.56. The summed E-state index contributed by atoms with van der Waals surface area (Å²) in [5.41, 5.74) is -0.394. The number of nitrogens with one attached hydrogen (secondary N) is 1. The number of ether oxygens (including phenoxy) is 1. The Morgan fingerprint density at radius 3 is 2.84 bits per heavy atom. The molecule has 0 bridgehead atoms. The first-order chi connectivity index (χ1) is 8.94. The Kier molecular flexibility index (Phi) is 5.01. The average molecular weight is 286 g/mol. The van der Waals surface area contributed by atoms with Crippen LogP contribution in [0.25, 0.3) is 0 Å². The molecular weight excluding hydrogens is 260 g/mol. The average Bonchev–Trinajstić information content (AvgIpc) is 2.96. The normalized spacial score (nSPS) is 27.8. The first kappa shape index (κ1) is 15.0. The van der Waals surface area contributed by atoms with Crippen molar-refractivity contribution in [2.45, 2.75) is 45.3 Å². The molecule has 0 aromatic rings. The third kappa shape index (κ3) is 4.88. The van der Waals surface area contributed by atoms with E-state index in [0.29, 0.717) is 12.0 Å². The van der Waals surface area contributed by atoms with Crippen LogP contribution in [-0.2, 0) is 4.74 Å². The topological polar surface area (TPSA) is 41.6 Å². The van der Waals surface area contributed by atoms with Crippen molar-refractivity contribution in [3.63, 3.8) is 0 Å². The second-order valence-electron chi connectivity index (χ2n) is 6.55. The summed E-state index contributed by atoms with van der Waals surface area (Å²) in [7, 11) is 0. The van der Waals surface area contributed by atoms with Crippen LogP contribution < -0.4 is 5.32 Å². The van der Waals surface area contributed by atoms with Crippen molar-refractivity contribution in [1.82, 2.24) is 10.2 Å². The first-order valence-electron chi connectivity index (χ1n) is 7.23. The lowest BCUT2D eigenvalue weighted by Crippen LogP contribution is -2.37. The highest BCUT2D eigenvalue weighted by Gasteiger charge is 2.30. The van der Waals surface area contributed by atoms with Crippen molar-refractivity contribution in [1.29, 1.82) is 0 Å². The molecule has 1 amide bonds. The number of rotatable bonds is 3. The maximum Gasteiger partial charge on any atom is 0.410 e. The van der Waals surface area contributed by atoms with Crippen LogP contribution in [0, 0.1) is 5.92 Å². The molecule has 1 N–H and O–H groups in total. The fourth-order valence-corrected chi connectivity index (χ4v) is 3.71. The molecule has 2 aliphatic heterocycles. The van der Waals surface area contributed by atoms with Crippen molar-refractivity contribution in [2.75, 3.05) is 31.1 Å². The molecule has 2 fully saturated rings. The number of hydrogen-bond donors (Lipinski definition) is 1. The lowest BCUT2D eigenvalue weighted by Gasteiger charge is -2.24. The van der Waals surface area contributed by atoms with E-state index in [0.717, 1.165) is 26.1 Å². The van der Waals surface area contributed by atoms with Gasteiger partial charge in [0.15, 0.2) is 0 Å². The van der Waals surface area contributed by atoms with Gasteiger partial charge >= 0.3 is 6.09 Å². The molecule has 5 heteroatoms. The van der Waals surface area contributed by atoms with Crippen molar-refractivity contribution in [3.8, 4) is 0 Å². The van der Waals surface area contributed by atoms with Gasteiger partial charge in [0.05, 0.1) is 0 Å². The van der Waals surface area contributed by atoms with E-state index >= 15 is 0 Å². The molecule has 0 unspecified atom stereocenters. The summed E-state index contributed by atoms with van der Waals surface area (Å²) in [6.07, 6.45) is 2.21. The summed E-state index contributed by atoms with van der Waals surface area (Å²) in [6, 6.07) is 0.681. The predicted molar refractivity (Wildman–Crippen MR) is 79.6 cm³/mol. The number of carbonyl (C=O) groups is 1. The largest absolute Gasteiger partial charge is 0.444 e. The minimum absolute atomic E-state index is 0.161. The molecule has 0 radical (unpaired) electrons. The predicted octanol–water partition coefficient (Wildman–Crippen LogP) is 2.34. The summed E-state index contributed by atoms with van der Waals surface area (Å²) in [6.45, 7) is 8.44. The van der Waals surface area contributed by atoms with E-state index in [4.69, 9.17) is 4.74 Å². The minimum atomic E-state index is -0.394. The van der Waals surface area contributed by atoms with Gasteiger partial charge in [-0.2, -0.15) is 11.8 Å². The van der Waals surface area contributed by atoms with Gasteiger partial charge in [0.25, 0.3) is 0 Å². The first-order valence-corrected chi connectivity index (χ1v) is 8.38. The molecule has 19 heavy (non-hydrogen) atoms. The number of nitrogens with zero attached hydrogens (tertiary/aromatic N) is 1. The van der Waals surface area contributed by atoms with E-state index in [1.165, 1.54) is 17.9 Å². The van der Waals surface area contributed by atoms with E-state index in [9.17, 15) is 4.79 Å². The highest BCUT2D eigenvalue weighted by Crippen LogP contribution is 2.21. The molecule has 0 aromatic heterocycles. The van der Waals surface area contributed by atoms with Crippen LogP contribution in [-0.4, -0.2) is 53.8 Å². The zero-order chi connectivity index (χ0) is 13.9. The smallest absolute Gasteiger partial charge is 0.410 e. The fraction of sp³-hybridized carbons (Fsp3) is 0.929. The van der Waals surface area contributed by atoms with Crippen molar-refractivity contribution >= 4 is 17.9 Å². The van der Waals surface area contributed by atoms with Gasteiger partial charge in [-0.3, -0.25) is 0 Å². The lowest BCUT2D eigenvalue weighted by atomic mass is 10.1. The molecule has 0 spiro atoms. The third-order valence-corrected chi connectivity index (χ3v) is 4.72. The zero-order valence-corrected chi connectivity index (χ0v) is 13.1. The van der Waals surface area contributed by atoms with Gasteiger partial charge in [0.1, 0.15) is 5.60 Å². The van der Waals surface area contributed by atoms with Gasteiger partial charge in [-0.15, -0.1) is 0 Å². The van der Waals surface area contributed by atoms with Crippen LogP contribution in [0.4, 0.5) is 4.79 Å². The summed E-state index contributed by atoms with van der Waals surface area (Å²) < 4.78 is 5.41. The maximum absolute atomic E-state index is 11.9. The Hall–Kier alpha value is -0.420. The summed E-state index contributed by atoms with van der Waals surface area (Å²) in [4.78, 5) is 13.8. The fourth-order valence-electron chi connectivity index (χ4n) is 2.52. The molecule has 110 valence electrons. The van der Waals surface area contributed by atoms with E-state index < -0.39 is 5.60 Å². The second kappa shape index (κ2) is 6.35. The van der Waals surface area contributed by atoms with Gasteiger partial charge in [0.2, 0.25) is 0 Å². The Morgan fingerprint density at radius 2 is 2.21 bits per heavy atom. The van der Waals surface area contributed by atoms with Gasteiger partial charge in [0, 0.05) is 31.4 Å². The quantitative estimate of drug-likeness (QED) is 0.864. The Bertz CT molecular complexity index is 311. The Labute approximate surface area is 120 Å². The molecule has 0 saturated carbocycles. The van der Waals surface area contributed by atoms with E-state index in [1.807, 2.05) is 37.4 Å². The molecular formula is C14H26N2O2S. The molecule has 2 atom stereocenters. The van der Waals surface area contributed by atoms with E-state index in [2.05, 4.69) is 5.32 Å². The summed E-state index contributed by atoms with van der Waals surface area (Å²) >= 11 is 2.03. The molecule has 2 rings (SSSR count). The summed E-state index contributed by atoms with van der Waals surface area (Å²) in [5.74, 6) is 3.10. The van der Waals surface area contributed by atoms with Crippen LogP contribution >= 0.6 is 11.8 Å². The molecule has 2 heterocycles. The van der Waals surface area contributed by atoms with E-state index in [1.54, 1.807) is 0 Å². The molecule has 2 saturated heterocycles. The number of likely N-dealkylation sites (tertiary alicyclic amines) is 1. The number of amides is 1. The van der Waals surface area contributed by atoms with Gasteiger partial charge in [-0.25, -0.2) is 4.79 Å². The summed E-state index contributed by atoms with van der Waals surface area (Å²) in [5, 5.41) is 3.63. The van der Waals surface area contributed by atoms with Crippen LogP contribution in [0.5, 0.6) is 0 Å². The van der Waals surface area contributed by atoms with Gasteiger partial charge < -0.3 is 15.0 Å². The molecule has 4 nitrogen and oxygen atoms in total. The van der Waals surface area contributed by atoms with Crippen molar-refractivity contribution < 1.29 is 9.53 Å². The molecule has 0 aromatic carbocycles. The Morgan fingerprint density at radius 1 is 1.42 bits per heavy atom. The van der Waals surface area contributed by atoms with Crippen LogP contribution in [0.2, 0.25) is 0 Å². The van der Waals surface area contributed by atoms with Crippen molar-refractivity contribution in [3.05, 3.63) is 0 Å². The highest BCUT2D eigenvalue weighted by molar-refractivity contribution is 7.99.